The first-order valence-electron chi connectivity index (χ1n) is 8.21. The van der Waals surface area contributed by atoms with Crippen molar-refractivity contribution >= 4 is 5.69 Å². The maximum atomic E-state index is 9.95. The number of nitrogens with zero attached hydrogens (tertiary/aromatic N) is 3. The van der Waals surface area contributed by atoms with Crippen molar-refractivity contribution in [3.8, 4) is 6.07 Å². The maximum absolute atomic E-state index is 9.95. The van der Waals surface area contributed by atoms with Gasteiger partial charge in [0.05, 0.1) is 18.6 Å². The van der Waals surface area contributed by atoms with Gasteiger partial charge in [-0.15, -0.1) is 0 Å². The molecule has 22 heavy (non-hydrogen) atoms. The molecule has 1 saturated heterocycles. The fourth-order valence-corrected chi connectivity index (χ4v) is 3.20. The molecule has 0 spiro atoms. The summed E-state index contributed by atoms with van der Waals surface area (Å²) in [5.41, 5.74) is 2.43. The standard InChI is InChI=1S/C18H27N3O/c1-15(22)18-6-3-4-13-21(18)14-16-7-9-17(10-8-16)20(2)12-5-11-19/h7-10,15,18,22H,3-6,12-14H2,1-2H3. The van der Waals surface area contributed by atoms with E-state index in [-0.39, 0.29) is 12.1 Å². The van der Waals surface area contributed by atoms with Crippen molar-refractivity contribution in [1.29, 1.82) is 5.26 Å². The summed E-state index contributed by atoms with van der Waals surface area (Å²) in [7, 11) is 2.01. The third kappa shape index (κ3) is 4.46. The Morgan fingerprint density at radius 1 is 1.36 bits per heavy atom. The Balaban J connectivity index is 1.97. The lowest BCUT2D eigenvalue weighted by Gasteiger charge is -2.37. The van der Waals surface area contributed by atoms with Gasteiger partial charge in [0.25, 0.3) is 0 Å². The molecule has 1 aromatic carbocycles. The van der Waals surface area contributed by atoms with Crippen LogP contribution in [0.1, 0.15) is 38.2 Å². The van der Waals surface area contributed by atoms with Crippen LogP contribution >= 0.6 is 0 Å². The highest BCUT2D eigenvalue weighted by molar-refractivity contribution is 5.46. The van der Waals surface area contributed by atoms with Gasteiger partial charge in [0.1, 0.15) is 0 Å². The minimum Gasteiger partial charge on any atom is -0.392 e. The Hall–Kier alpha value is -1.57. The molecule has 1 aliphatic heterocycles. The summed E-state index contributed by atoms with van der Waals surface area (Å²) < 4.78 is 0. The molecule has 1 aromatic rings. The zero-order valence-corrected chi connectivity index (χ0v) is 13.7. The first kappa shape index (κ1) is 16.8. The van der Waals surface area contributed by atoms with Gasteiger partial charge in [0.2, 0.25) is 0 Å². The van der Waals surface area contributed by atoms with Crippen LogP contribution in [0.4, 0.5) is 5.69 Å². The van der Waals surface area contributed by atoms with Gasteiger partial charge in [0.15, 0.2) is 0 Å². The molecule has 2 rings (SSSR count). The molecule has 4 nitrogen and oxygen atoms in total. The van der Waals surface area contributed by atoms with Crippen LogP contribution in [0.25, 0.3) is 0 Å². The van der Waals surface area contributed by atoms with Crippen molar-refractivity contribution in [1.82, 2.24) is 4.90 Å². The van der Waals surface area contributed by atoms with E-state index in [2.05, 4.69) is 40.1 Å². The van der Waals surface area contributed by atoms with Crippen LogP contribution in [0, 0.1) is 11.3 Å². The Morgan fingerprint density at radius 2 is 2.09 bits per heavy atom. The summed E-state index contributed by atoms with van der Waals surface area (Å²) in [6.45, 7) is 4.62. The van der Waals surface area contributed by atoms with Crippen LogP contribution < -0.4 is 4.90 Å². The highest BCUT2D eigenvalue weighted by Crippen LogP contribution is 2.23. The number of benzene rings is 1. The van der Waals surface area contributed by atoms with Crippen LogP contribution in [0.15, 0.2) is 24.3 Å². The van der Waals surface area contributed by atoms with Crippen molar-refractivity contribution in [3.63, 3.8) is 0 Å². The number of hydrogen-bond donors (Lipinski definition) is 1. The maximum Gasteiger partial charge on any atom is 0.0667 e. The van der Waals surface area contributed by atoms with E-state index in [0.717, 1.165) is 31.7 Å². The zero-order valence-electron chi connectivity index (χ0n) is 13.7. The average Bonchev–Trinajstić information content (AvgIpc) is 2.53. The summed E-state index contributed by atoms with van der Waals surface area (Å²) in [6.07, 6.45) is 3.80. The molecule has 0 aliphatic carbocycles. The predicted molar refractivity (Wildman–Crippen MR) is 89.7 cm³/mol. The van der Waals surface area contributed by atoms with E-state index < -0.39 is 0 Å². The Bertz CT molecular complexity index is 492. The van der Waals surface area contributed by atoms with Crippen molar-refractivity contribution in [2.75, 3.05) is 25.0 Å². The lowest BCUT2D eigenvalue weighted by atomic mass is 9.97. The molecule has 120 valence electrons. The number of nitriles is 1. The lowest BCUT2D eigenvalue weighted by molar-refractivity contribution is 0.0317. The second-order valence-corrected chi connectivity index (χ2v) is 6.27. The van der Waals surface area contributed by atoms with E-state index >= 15 is 0 Å². The van der Waals surface area contributed by atoms with E-state index in [1.807, 2.05) is 14.0 Å². The largest absolute Gasteiger partial charge is 0.392 e. The van der Waals surface area contributed by atoms with E-state index in [9.17, 15) is 5.11 Å². The van der Waals surface area contributed by atoms with Crippen LogP contribution in [0.5, 0.6) is 0 Å². The number of aliphatic hydroxyl groups excluding tert-OH is 1. The molecule has 4 heteroatoms. The molecule has 0 amide bonds. The molecular formula is C18H27N3O. The molecular weight excluding hydrogens is 274 g/mol. The predicted octanol–water partition coefficient (Wildman–Crippen LogP) is 2.77. The second kappa shape index (κ2) is 8.17. The first-order chi connectivity index (χ1) is 10.6. The first-order valence-corrected chi connectivity index (χ1v) is 8.21. The summed E-state index contributed by atoms with van der Waals surface area (Å²) in [6, 6.07) is 11.0. The fraction of sp³-hybridized carbons (Fsp3) is 0.611. The van der Waals surface area contributed by atoms with Crippen LogP contribution in [0.3, 0.4) is 0 Å². The van der Waals surface area contributed by atoms with Gasteiger partial charge in [-0.1, -0.05) is 18.6 Å². The summed E-state index contributed by atoms with van der Waals surface area (Å²) in [5, 5.41) is 18.6. The number of likely N-dealkylation sites (tertiary alicyclic amines) is 1. The summed E-state index contributed by atoms with van der Waals surface area (Å²) >= 11 is 0. The minimum atomic E-state index is -0.267. The Kier molecular flexibility index (Phi) is 6.23. The average molecular weight is 301 g/mol. The molecule has 2 unspecified atom stereocenters. The molecule has 0 aromatic heterocycles. The third-order valence-corrected chi connectivity index (χ3v) is 4.54. The highest BCUT2D eigenvalue weighted by Gasteiger charge is 2.25. The molecule has 0 radical (unpaired) electrons. The SMILES string of the molecule is CC(O)C1CCCCN1Cc1ccc(N(C)CCC#N)cc1. The van der Waals surface area contributed by atoms with Gasteiger partial charge in [0, 0.05) is 31.9 Å². The fourth-order valence-electron chi connectivity index (χ4n) is 3.20. The summed E-state index contributed by atoms with van der Waals surface area (Å²) in [5.74, 6) is 0. The van der Waals surface area contributed by atoms with E-state index in [1.165, 1.54) is 18.4 Å². The van der Waals surface area contributed by atoms with Crippen LogP contribution in [-0.2, 0) is 6.54 Å². The Labute approximate surface area is 134 Å². The molecule has 1 N–H and O–H groups in total. The van der Waals surface area contributed by atoms with Gasteiger partial charge in [-0.2, -0.15) is 5.26 Å². The smallest absolute Gasteiger partial charge is 0.0667 e. The van der Waals surface area contributed by atoms with Gasteiger partial charge in [-0.05, 0) is 44.0 Å². The second-order valence-electron chi connectivity index (χ2n) is 6.27. The molecule has 2 atom stereocenters. The molecule has 0 saturated carbocycles. The summed E-state index contributed by atoms with van der Waals surface area (Å²) in [4.78, 5) is 4.51. The van der Waals surface area contributed by atoms with Crippen LogP contribution in [0.2, 0.25) is 0 Å². The van der Waals surface area contributed by atoms with Gasteiger partial charge < -0.3 is 10.0 Å². The third-order valence-electron chi connectivity index (χ3n) is 4.54. The number of aliphatic hydroxyl groups is 1. The van der Waals surface area contributed by atoms with E-state index in [0.29, 0.717) is 6.42 Å². The van der Waals surface area contributed by atoms with Gasteiger partial charge in [-0.25, -0.2) is 0 Å². The van der Waals surface area contributed by atoms with Crippen molar-refractivity contribution < 1.29 is 5.11 Å². The molecule has 0 bridgehead atoms. The van der Waals surface area contributed by atoms with Gasteiger partial charge in [-0.3, -0.25) is 4.90 Å². The van der Waals surface area contributed by atoms with Gasteiger partial charge >= 0.3 is 0 Å². The van der Waals surface area contributed by atoms with Crippen molar-refractivity contribution in [3.05, 3.63) is 29.8 Å². The number of anilines is 1. The van der Waals surface area contributed by atoms with Crippen LogP contribution in [-0.4, -0.2) is 42.3 Å². The monoisotopic (exact) mass is 301 g/mol. The van der Waals surface area contributed by atoms with Crippen molar-refractivity contribution in [2.45, 2.75) is 51.3 Å². The molecule has 1 aliphatic rings. The molecule has 1 heterocycles. The normalized spacial score (nSPS) is 20.4. The quantitative estimate of drug-likeness (QED) is 0.878. The number of hydrogen-bond acceptors (Lipinski definition) is 4. The van der Waals surface area contributed by atoms with E-state index in [4.69, 9.17) is 5.26 Å². The highest BCUT2D eigenvalue weighted by atomic mass is 16.3. The lowest BCUT2D eigenvalue weighted by Crippen LogP contribution is -2.45. The topological polar surface area (TPSA) is 50.5 Å². The molecule has 1 fully saturated rings. The minimum absolute atomic E-state index is 0.267. The number of piperidine rings is 1. The number of rotatable bonds is 6. The Morgan fingerprint density at radius 3 is 2.73 bits per heavy atom. The van der Waals surface area contributed by atoms with E-state index in [1.54, 1.807) is 0 Å². The zero-order chi connectivity index (χ0) is 15.9. The van der Waals surface area contributed by atoms with Crippen molar-refractivity contribution in [2.24, 2.45) is 0 Å².